The van der Waals surface area contributed by atoms with Crippen LogP contribution in [-0.4, -0.2) is 13.4 Å². The van der Waals surface area contributed by atoms with Gasteiger partial charge in [-0.2, -0.15) is 0 Å². The number of aromatic nitrogens is 1. The first-order chi connectivity index (χ1) is 7.41. The largest absolute Gasteiger partial charge is 0.264 e. The average Bonchev–Trinajstić information content (AvgIpc) is 2.15. The summed E-state index contributed by atoms with van der Waals surface area (Å²) in [6, 6.07) is 4.84. The van der Waals surface area contributed by atoms with E-state index in [0.29, 0.717) is 14.9 Å². The lowest BCUT2D eigenvalue weighted by Gasteiger charge is -2.05. The average molecular weight is 341 g/mol. The van der Waals surface area contributed by atoms with Crippen molar-refractivity contribution in [2.45, 2.75) is 4.90 Å². The molecule has 1 aromatic carbocycles. The molecule has 0 unspecified atom stereocenters. The number of hydrogen-bond donors (Lipinski definition) is 0. The Morgan fingerprint density at radius 2 is 1.94 bits per heavy atom. The minimum absolute atomic E-state index is 0.0610. The summed E-state index contributed by atoms with van der Waals surface area (Å²) in [6.45, 7) is 0. The van der Waals surface area contributed by atoms with Crippen molar-refractivity contribution in [3.05, 3.63) is 33.9 Å². The lowest BCUT2D eigenvalue weighted by atomic mass is 10.2. The number of hydrogen-bond acceptors (Lipinski definition) is 3. The van der Waals surface area contributed by atoms with Gasteiger partial charge in [-0.25, -0.2) is 8.42 Å². The van der Waals surface area contributed by atoms with Gasteiger partial charge in [0.1, 0.15) is 4.90 Å². The van der Waals surface area contributed by atoms with Crippen LogP contribution in [0.25, 0.3) is 10.9 Å². The van der Waals surface area contributed by atoms with E-state index in [1.165, 1.54) is 6.20 Å². The van der Waals surface area contributed by atoms with Crippen molar-refractivity contribution >= 4 is 58.2 Å². The van der Waals surface area contributed by atoms with Crippen LogP contribution >= 0.6 is 38.2 Å². The van der Waals surface area contributed by atoms with E-state index < -0.39 is 9.05 Å². The van der Waals surface area contributed by atoms with E-state index >= 15 is 0 Å². The maximum absolute atomic E-state index is 11.4. The number of benzene rings is 1. The van der Waals surface area contributed by atoms with Crippen molar-refractivity contribution in [3.63, 3.8) is 0 Å². The lowest BCUT2D eigenvalue weighted by Crippen LogP contribution is -1.96. The van der Waals surface area contributed by atoms with Crippen molar-refractivity contribution in [1.29, 1.82) is 0 Å². The highest BCUT2D eigenvalue weighted by Gasteiger charge is 2.20. The van der Waals surface area contributed by atoms with Crippen LogP contribution in [0.1, 0.15) is 0 Å². The van der Waals surface area contributed by atoms with Crippen LogP contribution in [0.2, 0.25) is 5.02 Å². The number of halogens is 3. The number of fused-ring (bicyclic) bond motifs is 1. The Balaban J connectivity index is 3.03. The highest BCUT2D eigenvalue weighted by atomic mass is 79.9. The zero-order valence-corrected chi connectivity index (χ0v) is 11.5. The predicted molar refractivity (Wildman–Crippen MR) is 67.5 cm³/mol. The quantitative estimate of drug-likeness (QED) is 0.745. The highest BCUT2D eigenvalue weighted by molar-refractivity contribution is 9.10. The Labute approximate surface area is 110 Å². The molecule has 0 aliphatic rings. The first-order valence-electron chi connectivity index (χ1n) is 4.08. The first kappa shape index (κ1) is 12.1. The van der Waals surface area contributed by atoms with Crippen molar-refractivity contribution in [2.75, 3.05) is 0 Å². The molecular formula is C9H4BrCl2NO2S. The molecule has 84 valence electrons. The molecule has 16 heavy (non-hydrogen) atoms. The molecule has 2 aromatic rings. The van der Waals surface area contributed by atoms with Gasteiger partial charge in [-0.1, -0.05) is 17.7 Å². The third-order valence-electron chi connectivity index (χ3n) is 2.01. The summed E-state index contributed by atoms with van der Waals surface area (Å²) >= 11 is 9.07. The second-order valence-corrected chi connectivity index (χ2v) is 6.77. The molecule has 0 amide bonds. The van der Waals surface area contributed by atoms with Crippen LogP contribution in [0.4, 0.5) is 0 Å². The maximum atomic E-state index is 11.4. The smallest absolute Gasteiger partial charge is 0.255 e. The Hall–Kier alpha value is -0.360. The standard InChI is InChI=1S/C9H4BrCl2NO2S/c10-6-2-1-5-7(11)3-4-13-8(5)9(6)16(12,14)15/h1-4H. The minimum atomic E-state index is -3.87. The van der Waals surface area contributed by atoms with Crippen molar-refractivity contribution in [3.8, 4) is 0 Å². The summed E-state index contributed by atoms with van der Waals surface area (Å²) in [6.07, 6.45) is 1.43. The van der Waals surface area contributed by atoms with Gasteiger partial charge in [-0.3, -0.25) is 4.98 Å². The summed E-state index contributed by atoms with van der Waals surface area (Å²) in [4.78, 5) is 3.93. The van der Waals surface area contributed by atoms with Crippen LogP contribution in [0.3, 0.4) is 0 Å². The van der Waals surface area contributed by atoms with Crippen LogP contribution in [0.5, 0.6) is 0 Å². The van der Waals surface area contributed by atoms with E-state index in [2.05, 4.69) is 20.9 Å². The predicted octanol–water partition coefficient (Wildman–Crippen LogP) is 3.58. The molecule has 1 aromatic heterocycles. The molecule has 7 heteroatoms. The fourth-order valence-electron chi connectivity index (χ4n) is 1.37. The highest BCUT2D eigenvalue weighted by Crippen LogP contribution is 2.34. The molecule has 0 saturated carbocycles. The first-order valence-corrected chi connectivity index (χ1v) is 7.56. The van der Waals surface area contributed by atoms with Gasteiger partial charge in [-0.15, -0.1) is 0 Å². The molecule has 0 aliphatic carbocycles. The molecule has 0 fully saturated rings. The lowest BCUT2D eigenvalue weighted by molar-refractivity contribution is 0.610. The Morgan fingerprint density at radius 3 is 2.56 bits per heavy atom. The Bertz CT molecular complexity index is 673. The van der Waals surface area contributed by atoms with Gasteiger partial charge in [-0.05, 0) is 28.1 Å². The monoisotopic (exact) mass is 339 g/mol. The SMILES string of the molecule is O=S(=O)(Cl)c1c(Br)ccc2c(Cl)ccnc12. The van der Waals surface area contributed by atoms with Gasteiger partial charge in [0, 0.05) is 26.7 Å². The Kier molecular flexibility index (Phi) is 3.13. The van der Waals surface area contributed by atoms with Gasteiger partial charge in [0.25, 0.3) is 9.05 Å². The van der Waals surface area contributed by atoms with E-state index in [-0.39, 0.29) is 10.4 Å². The number of rotatable bonds is 1. The van der Waals surface area contributed by atoms with Crippen molar-refractivity contribution in [1.82, 2.24) is 4.98 Å². The van der Waals surface area contributed by atoms with Gasteiger partial charge in [0.15, 0.2) is 0 Å². The molecule has 0 radical (unpaired) electrons. The normalized spacial score (nSPS) is 11.9. The topological polar surface area (TPSA) is 47.0 Å². The van der Waals surface area contributed by atoms with E-state index in [1.807, 2.05) is 0 Å². The van der Waals surface area contributed by atoms with Crippen LogP contribution in [0, 0.1) is 0 Å². The Morgan fingerprint density at radius 1 is 1.25 bits per heavy atom. The maximum Gasteiger partial charge on any atom is 0.264 e. The van der Waals surface area contributed by atoms with E-state index in [1.54, 1.807) is 18.2 Å². The molecule has 2 rings (SSSR count). The third kappa shape index (κ3) is 2.05. The summed E-state index contributed by atoms with van der Waals surface area (Å²) in [5.74, 6) is 0. The summed E-state index contributed by atoms with van der Waals surface area (Å²) in [5, 5.41) is 0.977. The van der Waals surface area contributed by atoms with Gasteiger partial charge >= 0.3 is 0 Å². The fraction of sp³-hybridized carbons (Fsp3) is 0. The van der Waals surface area contributed by atoms with E-state index in [4.69, 9.17) is 22.3 Å². The molecule has 1 heterocycles. The van der Waals surface area contributed by atoms with Crippen molar-refractivity contribution in [2.24, 2.45) is 0 Å². The van der Waals surface area contributed by atoms with E-state index in [0.717, 1.165) is 0 Å². The van der Waals surface area contributed by atoms with Crippen LogP contribution in [0.15, 0.2) is 33.8 Å². The molecule has 0 atom stereocenters. The second-order valence-electron chi connectivity index (χ2n) is 3.00. The number of nitrogens with zero attached hydrogens (tertiary/aromatic N) is 1. The fourth-order valence-corrected chi connectivity index (χ4v) is 3.98. The van der Waals surface area contributed by atoms with Gasteiger partial charge in [0.05, 0.1) is 10.5 Å². The zero-order chi connectivity index (χ0) is 11.9. The van der Waals surface area contributed by atoms with Gasteiger partial charge in [0.2, 0.25) is 0 Å². The molecular weight excluding hydrogens is 337 g/mol. The second kappa shape index (κ2) is 4.14. The zero-order valence-electron chi connectivity index (χ0n) is 7.62. The summed E-state index contributed by atoms with van der Waals surface area (Å²) in [7, 11) is 1.48. The minimum Gasteiger partial charge on any atom is -0.255 e. The summed E-state index contributed by atoms with van der Waals surface area (Å²) in [5.41, 5.74) is 0.261. The molecule has 3 nitrogen and oxygen atoms in total. The molecule has 0 spiro atoms. The molecule has 0 saturated heterocycles. The van der Waals surface area contributed by atoms with Crippen molar-refractivity contribution < 1.29 is 8.42 Å². The molecule has 0 N–H and O–H groups in total. The number of pyridine rings is 1. The molecule has 0 aliphatic heterocycles. The summed E-state index contributed by atoms with van der Waals surface area (Å²) < 4.78 is 23.2. The molecule has 0 bridgehead atoms. The van der Waals surface area contributed by atoms with E-state index in [9.17, 15) is 8.42 Å². The van der Waals surface area contributed by atoms with Crippen LogP contribution < -0.4 is 0 Å². The van der Waals surface area contributed by atoms with Gasteiger partial charge < -0.3 is 0 Å². The third-order valence-corrected chi connectivity index (χ3v) is 4.63. The van der Waals surface area contributed by atoms with Crippen LogP contribution in [-0.2, 0) is 9.05 Å².